The van der Waals surface area contributed by atoms with Crippen molar-refractivity contribution in [3.63, 3.8) is 0 Å². The van der Waals surface area contributed by atoms with Gasteiger partial charge in [-0.25, -0.2) is 13.6 Å². The monoisotopic (exact) mass is 263 g/mol. The summed E-state index contributed by atoms with van der Waals surface area (Å²) in [7, 11) is 0. The van der Waals surface area contributed by atoms with E-state index < -0.39 is 23.5 Å². The van der Waals surface area contributed by atoms with Crippen molar-refractivity contribution >= 4 is 6.09 Å². The standard InChI is InChI=1S/C13H23F2NO2/c1-6-13(14,15)10-8-16(7-9(10)2)11(17)18-12(3,4)5/h9-10H,6-8H2,1-5H3. The van der Waals surface area contributed by atoms with Gasteiger partial charge in [0.2, 0.25) is 0 Å². The molecule has 0 aromatic rings. The number of halogens is 2. The first-order valence-corrected chi connectivity index (χ1v) is 6.42. The maximum absolute atomic E-state index is 13.7. The molecule has 1 fully saturated rings. The molecule has 3 nitrogen and oxygen atoms in total. The average Bonchev–Trinajstić information content (AvgIpc) is 2.58. The van der Waals surface area contributed by atoms with Gasteiger partial charge in [0.1, 0.15) is 5.60 Å². The minimum absolute atomic E-state index is 0.0803. The molecule has 1 aliphatic heterocycles. The maximum atomic E-state index is 13.7. The summed E-state index contributed by atoms with van der Waals surface area (Å²) in [5.41, 5.74) is -0.592. The van der Waals surface area contributed by atoms with Crippen molar-refractivity contribution in [2.45, 2.75) is 52.6 Å². The highest BCUT2D eigenvalue weighted by molar-refractivity contribution is 5.68. The molecule has 0 saturated carbocycles. The van der Waals surface area contributed by atoms with Gasteiger partial charge in [0.15, 0.2) is 0 Å². The fraction of sp³-hybridized carbons (Fsp3) is 0.923. The van der Waals surface area contributed by atoms with Crippen molar-refractivity contribution < 1.29 is 18.3 Å². The van der Waals surface area contributed by atoms with Crippen LogP contribution in [0.3, 0.4) is 0 Å². The Morgan fingerprint density at radius 2 is 1.89 bits per heavy atom. The molecule has 18 heavy (non-hydrogen) atoms. The van der Waals surface area contributed by atoms with Gasteiger partial charge >= 0.3 is 6.09 Å². The Morgan fingerprint density at radius 1 is 1.33 bits per heavy atom. The summed E-state index contributed by atoms with van der Waals surface area (Å²) >= 11 is 0. The van der Waals surface area contributed by atoms with E-state index in [2.05, 4.69) is 0 Å². The van der Waals surface area contributed by atoms with E-state index in [1.807, 2.05) is 0 Å². The lowest BCUT2D eigenvalue weighted by Crippen LogP contribution is -2.37. The van der Waals surface area contributed by atoms with Crippen LogP contribution in [0, 0.1) is 11.8 Å². The lowest BCUT2D eigenvalue weighted by atomic mass is 9.90. The van der Waals surface area contributed by atoms with Crippen molar-refractivity contribution in [2.75, 3.05) is 13.1 Å². The quantitative estimate of drug-likeness (QED) is 0.762. The van der Waals surface area contributed by atoms with E-state index in [0.717, 1.165) is 0 Å². The highest BCUT2D eigenvalue weighted by Crippen LogP contribution is 2.38. The third-order valence-electron chi connectivity index (χ3n) is 3.28. The predicted octanol–water partition coefficient (Wildman–Crippen LogP) is 3.53. The Balaban J connectivity index is 2.67. The minimum atomic E-state index is -2.71. The highest BCUT2D eigenvalue weighted by Gasteiger charge is 2.47. The Hall–Kier alpha value is -0.870. The summed E-state index contributed by atoms with van der Waals surface area (Å²) in [6.45, 7) is 8.96. The molecule has 2 atom stereocenters. The number of likely N-dealkylation sites (tertiary alicyclic amines) is 1. The first-order chi connectivity index (χ1) is 8.07. The van der Waals surface area contributed by atoms with E-state index >= 15 is 0 Å². The Kier molecular flexibility index (Phi) is 4.23. The number of carbonyl (C=O) groups excluding carboxylic acids is 1. The SMILES string of the molecule is CCC(F)(F)C1CN(C(=O)OC(C)(C)C)CC1C. The second kappa shape index (κ2) is 5.02. The lowest BCUT2D eigenvalue weighted by molar-refractivity contribution is -0.0688. The van der Waals surface area contributed by atoms with Crippen molar-refractivity contribution in [3.8, 4) is 0 Å². The molecule has 5 heteroatoms. The smallest absolute Gasteiger partial charge is 0.410 e. The molecule has 0 aromatic heterocycles. The number of hydrogen-bond acceptors (Lipinski definition) is 2. The van der Waals surface area contributed by atoms with Crippen molar-refractivity contribution in [2.24, 2.45) is 11.8 Å². The predicted molar refractivity (Wildman–Crippen MR) is 65.7 cm³/mol. The molecule has 0 radical (unpaired) electrons. The van der Waals surface area contributed by atoms with Crippen LogP contribution in [-0.2, 0) is 4.74 Å². The van der Waals surface area contributed by atoms with Crippen molar-refractivity contribution in [1.29, 1.82) is 0 Å². The van der Waals surface area contributed by atoms with Gasteiger partial charge in [-0.05, 0) is 26.7 Å². The molecule has 106 valence electrons. The number of carbonyl (C=O) groups is 1. The van der Waals surface area contributed by atoms with Gasteiger partial charge in [-0.2, -0.15) is 0 Å². The van der Waals surface area contributed by atoms with Crippen LogP contribution in [0.1, 0.15) is 41.0 Å². The summed E-state index contributed by atoms with van der Waals surface area (Å²) in [6.07, 6.45) is -0.687. The molecule has 1 amide bonds. The van der Waals surface area contributed by atoms with Crippen molar-refractivity contribution in [3.05, 3.63) is 0 Å². The molecular formula is C13H23F2NO2. The fourth-order valence-electron chi connectivity index (χ4n) is 2.25. The largest absolute Gasteiger partial charge is 0.444 e. The number of nitrogens with zero attached hydrogens (tertiary/aromatic N) is 1. The lowest BCUT2D eigenvalue weighted by Gasteiger charge is -2.26. The number of hydrogen-bond donors (Lipinski definition) is 0. The first-order valence-electron chi connectivity index (χ1n) is 6.42. The normalized spacial score (nSPS) is 25.4. The van der Waals surface area contributed by atoms with Crippen LogP contribution >= 0.6 is 0 Å². The third kappa shape index (κ3) is 3.56. The highest BCUT2D eigenvalue weighted by atomic mass is 19.3. The summed E-state index contributed by atoms with van der Waals surface area (Å²) in [5.74, 6) is -3.68. The van der Waals surface area contributed by atoms with Crippen LogP contribution in [0.15, 0.2) is 0 Å². The van der Waals surface area contributed by atoms with E-state index in [-0.39, 0.29) is 18.9 Å². The van der Waals surface area contributed by atoms with E-state index in [9.17, 15) is 13.6 Å². The average molecular weight is 263 g/mol. The van der Waals surface area contributed by atoms with Gasteiger partial charge in [0.25, 0.3) is 5.92 Å². The zero-order chi connectivity index (χ0) is 14.1. The molecule has 0 spiro atoms. The first kappa shape index (κ1) is 15.2. The molecule has 0 bridgehead atoms. The Morgan fingerprint density at radius 3 is 2.33 bits per heavy atom. The van der Waals surface area contributed by atoms with Gasteiger partial charge in [0, 0.05) is 25.4 Å². The van der Waals surface area contributed by atoms with Crippen LogP contribution in [0.5, 0.6) is 0 Å². The minimum Gasteiger partial charge on any atom is -0.444 e. The van der Waals surface area contributed by atoms with Gasteiger partial charge < -0.3 is 9.64 Å². The van der Waals surface area contributed by atoms with E-state index in [4.69, 9.17) is 4.74 Å². The van der Waals surface area contributed by atoms with Gasteiger partial charge in [-0.1, -0.05) is 13.8 Å². The number of amides is 1. The summed E-state index contributed by atoms with van der Waals surface area (Å²) < 4.78 is 32.6. The fourth-order valence-corrected chi connectivity index (χ4v) is 2.25. The van der Waals surface area contributed by atoms with Gasteiger partial charge in [0.05, 0.1) is 0 Å². The van der Waals surface area contributed by atoms with E-state index in [1.165, 1.54) is 11.8 Å². The van der Waals surface area contributed by atoms with Crippen LogP contribution in [0.25, 0.3) is 0 Å². The number of ether oxygens (including phenoxy) is 1. The van der Waals surface area contributed by atoms with Crippen molar-refractivity contribution in [1.82, 2.24) is 4.90 Å². The van der Waals surface area contributed by atoms with E-state index in [1.54, 1.807) is 27.7 Å². The molecule has 1 heterocycles. The van der Waals surface area contributed by atoms with Crippen LogP contribution < -0.4 is 0 Å². The van der Waals surface area contributed by atoms with Gasteiger partial charge in [-0.15, -0.1) is 0 Å². The molecule has 0 aromatic carbocycles. The molecule has 0 aliphatic carbocycles. The molecule has 1 rings (SSSR count). The van der Waals surface area contributed by atoms with E-state index in [0.29, 0.717) is 6.54 Å². The molecule has 2 unspecified atom stereocenters. The zero-order valence-electron chi connectivity index (χ0n) is 11.8. The zero-order valence-corrected chi connectivity index (χ0v) is 11.8. The molecular weight excluding hydrogens is 240 g/mol. The topological polar surface area (TPSA) is 29.5 Å². The van der Waals surface area contributed by atoms with Crippen LogP contribution in [-0.4, -0.2) is 35.6 Å². The van der Waals surface area contributed by atoms with Crippen LogP contribution in [0.4, 0.5) is 13.6 Å². The number of alkyl halides is 2. The molecule has 0 N–H and O–H groups in total. The Labute approximate surface area is 107 Å². The summed E-state index contributed by atoms with van der Waals surface area (Å²) in [4.78, 5) is 13.2. The molecule has 1 saturated heterocycles. The third-order valence-corrected chi connectivity index (χ3v) is 3.28. The van der Waals surface area contributed by atoms with Crippen LogP contribution in [0.2, 0.25) is 0 Å². The summed E-state index contributed by atoms with van der Waals surface area (Å²) in [5, 5.41) is 0. The Bertz CT molecular complexity index is 313. The second-order valence-corrected chi connectivity index (χ2v) is 6.08. The summed E-state index contributed by atoms with van der Waals surface area (Å²) in [6, 6.07) is 0. The maximum Gasteiger partial charge on any atom is 0.410 e. The van der Waals surface area contributed by atoms with Gasteiger partial charge in [-0.3, -0.25) is 0 Å². The molecule has 1 aliphatic rings. The number of rotatable bonds is 2. The second-order valence-electron chi connectivity index (χ2n) is 6.08.